The van der Waals surface area contributed by atoms with E-state index in [0.29, 0.717) is 30.3 Å². The number of nitrogen functional groups attached to an aromatic ring is 1. The molecule has 8 nitrogen and oxygen atoms in total. The number of rotatable bonds is 4. The molecule has 0 spiro atoms. The van der Waals surface area contributed by atoms with Gasteiger partial charge in [-0.15, -0.1) is 0 Å². The van der Waals surface area contributed by atoms with E-state index in [1.807, 2.05) is 48.5 Å². The van der Waals surface area contributed by atoms with Gasteiger partial charge in [-0.05, 0) is 24.3 Å². The van der Waals surface area contributed by atoms with Crippen LogP contribution in [0.25, 0.3) is 11.6 Å². The maximum absolute atomic E-state index is 9.72. The summed E-state index contributed by atoms with van der Waals surface area (Å²) >= 11 is 0. The molecule has 144 valence electrons. The van der Waals surface area contributed by atoms with Crippen LogP contribution in [0.1, 0.15) is 17.8 Å². The number of nitrogens with one attached hydrogen (secondary N) is 1. The number of ether oxygens (including phenoxy) is 2. The predicted molar refractivity (Wildman–Crippen MR) is 109 cm³/mol. The summed E-state index contributed by atoms with van der Waals surface area (Å²) in [5.41, 5.74) is 7.58. The van der Waals surface area contributed by atoms with Crippen LogP contribution < -0.4 is 20.5 Å². The Kier molecular flexibility index (Phi) is 5.21. The summed E-state index contributed by atoms with van der Waals surface area (Å²) < 4.78 is 11.5. The van der Waals surface area contributed by atoms with Crippen molar-refractivity contribution in [2.75, 3.05) is 24.3 Å². The number of aromatic nitrogens is 3. The molecule has 8 heteroatoms. The smallest absolute Gasteiger partial charge is 0.232 e. The first-order chi connectivity index (χ1) is 14.2. The van der Waals surface area contributed by atoms with Crippen LogP contribution in [0.15, 0.2) is 48.5 Å². The third-order valence-corrected chi connectivity index (χ3v) is 4.15. The zero-order valence-electron chi connectivity index (χ0n) is 15.5. The summed E-state index contributed by atoms with van der Waals surface area (Å²) in [6.07, 6.45) is 2.45. The third-order valence-electron chi connectivity index (χ3n) is 4.15. The first kappa shape index (κ1) is 18.3. The molecule has 2 aromatic carbocycles. The minimum atomic E-state index is 0.0149. The fraction of sp³-hybridized carbons (Fsp3) is 0.143. The van der Waals surface area contributed by atoms with Gasteiger partial charge in [-0.1, -0.05) is 30.3 Å². The fourth-order valence-corrected chi connectivity index (χ4v) is 2.85. The van der Waals surface area contributed by atoms with Crippen LogP contribution in [0.2, 0.25) is 0 Å². The van der Waals surface area contributed by atoms with Gasteiger partial charge in [0.25, 0.3) is 0 Å². The molecule has 3 aromatic rings. The average Bonchev–Trinajstić information content (AvgIpc) is 2.98. The van der Waals surface area contributed by atoms with Gasteiger partial charge in [0.1, 0.15) is 6.07 Å². The molecule has 1 aliphatic rings. The van der Waals surface area contributed by atoms with Crippen molar-refractivity contribution in [3.8, 4) is 17.6 Å². The van der Waals surface area contributed by atoms with Gasteiger partial charge in [0.2, 0.25) is 11.9 Å². The standard InChI is InChI=1S/C21H18N6O2/c22-13-15(12-14-6-4-9-17-18(14)29-11-5-10-28-17)19-25-20(23)27-21(26-19)24-16-7-2-1-3-8-16/h1-4,6-9,12H,5,10-11H2,(H3,23,24,25,26,27). The number of nitrogens with zero attached hydrogens (tertiary/aromatic N) is 4. The molecule has 0 saturated carbocycles. The van der Waals surface area contributed by atoms with Crippen molar-refractivity contribution < 1.29 is 9.47 Å². The highest BCUT2D eigenvalue weighted by Gasteiger charge is 2.16. The van der Waals surface area contributed by atoms with Crippen molar-refractivity contribution in [3.05, 3.63) is 59.9 Å². The second-order valence-electron chi connectivity index (χ2n) is 6.23. The summed E-state index contributed by atoms with van der Waals surface area (Å²) in [5, 5.41) is 12.8. The van der Waals surface area contributed by atoms with Crippen molar-refractivity contribution in [3.63, 3.8) is 0 Å². The number of hydrogen-bond acceptors (Lipinski definition) is 8. The Morgan fingerprint density at radius 2 is 1.86 bits per heavy atom. The van der Waals surface area contributed by atoms with Gasteiger partial charge in [0.05, 0.1) is 18.8 Å². The van der Waals surface area contributed by atoms with Crippen molar-refractivity contribution in [1.29, 1.82) is 5.26 Å². The van der Waals surface area contributed by atoms with Crippen molar-refractivity contribution in [1.82, 2.24) is 15.0 Å². The third kappa shape index (κ3) is 4.25. The largest absolute Gasteiger partial charge is 0.490 e. The highest BCUT2D eigenvalue weighted by Crippen LogP contribution is 2.35. The first-order valence-electron chi connectivity index (χ1n) is 9.07. The van der Waals surface area contributed by atoms with Crippen LogP contribution in [-0.4, -0.2) is 28.2 Å². The number of hydrogen-bond donors (Lipinski definition) is 2. The van der Waals surface area contributed by atoms with E-state index in [-0.39, 0.29) is 23.3 Å². The molecule has 0 fully saturated rings. The number of benzene rings is 2. The molecule has 3 N–H and O–H groups in total. The summed E-state index contributed by atoms with van der Waals surface area (Å²) in [6, 6.07) is 17.1. The van der Waals surface area contributed by atoms with Gasteiger partial charge in [-0.3, -0.25) is 0 Å². The van der Waals surface area contributed by atoms with E-state index in [0.717, 1.165) is 12.1 Å². The molecule has 0 atom stereocenters. The number of para-hydroxylation sites is 2. The molecule has 2 heterocycles. The lowest BCUT2D eigenvalue weighted by Crippen LogP contribution is -2.06. The summed E-state index contributed by atoms with van der Waals surface area (Å²) in [5.74, 6) is 1.69. The van der Waals surface area contributed by atoms with Crippen LogP contribution in [-0.2, 0) is 0 Å². The quantitative estimate of drug-likeness (QED) is 0.655. The SMILES string of the molecule is N#CC(=Cc1cccc2c1OCCCO2)c1nc(N)nc(Nc2ccccc2)n1. The second-order valence-corrected chi connectivity index (χ2v) is 6.23. The van der Waals surface area contributed by atoms with Crippen LogP contribution in [0, 0.1) is 11.3 Å². The van der Waals surface area contributed by atoms with Crippen molar-refractivity contribution >= 4 is 29.2 Å². The Labute approximate surface area is 167 Å². The minimum Gasteiger partial charge on any atom is -0.490 e. The maximum Gasteiger partial charge on any atom is 0.232 e. The first-order valence-corrected chi connectivity index (χ1v) is 9.07. The van der Waals surface area contributed by atoms with Crippen molar-refractivity contribution in [2.45, 2.75) is 6.42 Å². The molecule has 29 heavy (non-hydrogen) atoms. The van der Waals surface area contributed by atoms with Crippen LogP contribution in [0.5, 0.6) is 11.5 Å². The monoisotopic (exact) mass is 386 g/mol. The normalized spacial score (nSPS) is 13.3. The van der Waals surface area contributed by atoms with Crippen LogP contribution in [0.3, 0.4) is 0 Å². The Morgan fingerprint density at radius 1 is 1.03 bits per heavy atom. The molecule has 0 aliphatic carbocycles. The summed E-state index contributed by atoms with van der Waals surface area (Å²) in [7, 11) is 0. The Hall–Kier alpha value is -4.12. The highest BCUT2D eigenvalue weighted by atomic mass is 16.5. The van der Waals surface area contributed by atoms with E-state index in [2.05, 4.69) is 26.3 Å². The molecular formula is C21H18N6O2. The second kappa shape index (κ2) is 8.27. The number of nitrogens with two attached hydrogens (primary N) is 1. The lowest BCUT2D eigenvalue weighted by Gasteiger charge is -2.10. The topological polar surface area (TPSA) is 119 Å². The number of nitriles is 1. The molecule has 0 unspecified atom stereocenters. The molecule has 0 radical (unpaired) electrons. The lowest BCUT2D eigenvalue weighted by atomic mass is 10.1. The molecular weight excluding hydrogens is 368 g/mol. The molecule has 0 bridgehead atoms. The fourth-order valence-electron chi connectivity index (χ4n) is 2.85. The van der Waals surface area contributed by atoms with Gasteiger partial charge >= 0.3 is 0 Å². The number of allylic oxidation sites excluding steroid dienone is 1. The lowest BCUT2D eigenvalue weighted by molar-refractivity contribution is 0.296. The van der Waals surface area contributed by atoms with Gasteiger partial charge < -0.3 is 20.5 Å². The Balaban J connectivity index is 1.71. The summed E-state index contributed by atoms with van der Waals surface area (Å²) in [6.45, 7) is 1.13. The van der Waals surface area contributed by atoms with E-state index < -0.39 is 0 Å². The van der Waals surface area contributed by atoms with Gasteiger partial charge in [0.15, 0.2) is 17.3 Å². The Bertz CT molecular complexity index is 1090. The zero-order valence-corrected chi connectivity index (χ0v) is 15.5. The highest BCUT2D eigenvalue weighted by molar-refractivity contribution is 5.89. The predicted octanol–water partition coefficient (Wildman–Crippen LogP) is 3.42. The van der Waals surface area contributed by atoms with E-state index in [4.69, 9.17) is 15.2 Å². The minimum absolute atomic E-state index is 0.0149. The van der Waals surface area contributed by atoms with Gasteiger partial charge in [-0.2, -0.15) is 20.2 Å². The molecule has 1 aromatic heterocycles. The zero-order chi connectivity index (χ0) is 20.1. The van der Waals surface area contributed by atoms with E-state index in [1.165, 1.54) is 0 Å². The Morgan fingerprint density at radius 3 is 2.69 bits per heavy atom. The molecule has 1 aliphatic heterocycles. The van der Waals surface area contributed by atoms with Crippen LogP contribution >= 0.6 is 0 Å². The number of anilines is 3. The summed E-state index contributed by atoms with van der Waals surface area (Å²) in [4.78, 5) is 12.6. The van der Waals surface area contributed by atoms with Crippen LogP contribution in [0.4, 0.5) is 17.6 Å². The van der Waals surface area contributed by atoms with E-state index in [9.17, 15) is 5.26 Å². The maximum atomic E-state index is 9.72. The van der Waals surface area contributed by atoms with Crippen molar-refractivity contribution in [2.24, 2.45) is 0 Å². The molecule has 4 rings (SSSR count). The van der Waals surface area contributed by atoms with E-state index in [1.54, 1.807) is 6.08 Å². The molecule has 0 saturated heterocycles. The average molecular weight is 386 g/mol. The van der Waals surface area contributed by atoms with Gasteiger partial charge in [0, 0.05) is 17.7 Å². The molecule has 0 amide bonds. The van der Waals surface area contributed by atoms with Gasteiger partial charge in [-0.25, -0.2) is 0 Å². The van der Waals surface area contributed by atoms with E-state index >= 15 is 0 Å². The number of fused-ring (bicyclic) bond motifs is 1.